The summed E-state index contributed by atoms with van der Waals surface area (Å²) in [7, 11) is 0. The summed E-state index contributed by atoms with van der Waals surface area (Å²) in [6.07, 6.45) is 1.06. The average molecular weight is 415 g/mol. The van der Waals surface area contributed by atoms with Crippen molar-refractivity contribution in [3.05, 3.63) is 82.2 Å². The maximum Gasteiger partial charge on any atom is 0.162 e. The maximum atomic E-state index is 14.2. The van der Waals surface area contributed by atoms with Gasteiger partial charge < -0.3 is 5.32 Å². The molecule has 154 valence electrons. The van der Waals surface area contributed by atoms with Gasteiger partial charge in [-0.25, -0.2) is 13.8 Å². The number of fused-ring (bicyclic) bond motifs is 3. The lowest BCUT2D eigenvalue weighted by Crippen LogP contribution is -2.34. The molecule has 2 aromatic carbocycles. The molecule has 1 aliphatic heterocycles. The Morgan fingerprint density at radius 1 is 1.10 bits per heavy atom. The summed E-state index contributed by atoms with van der Waals surface area (Å²) < 4.78 is 27.9. The third kappa shape index (κ3) is 3.09. The molecule has 1 aromatic heterocycles. The monoisotopic (exact) mass is 415 g/mol. The van der Waals surface area contributed by atoms with Crippen LogP contribution in [0.5, 0.6) is 0 Å². The normalized spacial score (nSPS) is 19.5. The van der Waals surface area contributed by atoms with Crippen molar-refractivity contribution in [2.45, 2.75) is 32.6 Å². The Labute approximate surface area is 178 Å². The first-order valence-corrected chi connectivity index (χ1v) is 10.1. The van der Waals surface area contributed by atoms with E-state index in [2.05, 4.69) is 10.3 Å². The van der Waals surface area contributed by atoms with E-state index in [-0.39, 0.29) is 16.9 Å². The van der Waals surface area contributed by atoms with Crippen LogP contribution in [-0.4, -0.2) is 10.8 Å². The summed E-state index contributed by atoms with van der Waals surface area (Å²) in [5.41, 5.74) is 4.22. The lowest BCUT2D eigenvalue weighted by Gasteiger charge is -2.40. The fraction of sp³-hybridized carbons (Fsp3) is 0.240. The summed E-state index contributed by atoms with van der Waals surface area (Å²) in [6, 6.07) is 13.0. The van der Waals surface area contributed by atoms with Crippen LogP contribution in [0, 0.1) is 28.4 Å². The van der Waals surface area contributed by atoms with Gasteiger partial charge in [0.25, 0.3) is 0 Å². The van der Waals surface area contributed by atoms with Gasteiger partial charge in [0.05, 0.1) is 5.52 Å². The minimum absolute atomic E-state index is 0.00209. The topological polar surface area (TPSA) is 65.8 Å². The minimum Gasteiger partial charge on any atom is -0.358 e. The van der Waals surface area contributed by atoms with Crippen molar-refractivity contribution in [1.82, 2.24) is 4.98 Å². The minimum atomic E-state index is -0.951. The fourth-order valence-corrected chi connectivity index (χ4v) is 4.82. The first-order valence-electron chi connectivity index (χ1n) is 10.1. The second kappa shape index (κ2) is 6.71. The van der Waals surface area contributed by atoms with E-state index >= 15 is 0 Å². The van der Waals surface area contributed by atoms with Crippen molar-refractivity contribution in [1.29, 1.82) is 5.26 Å². The number of carbonyl (C=O) groups is 1. The molecule has 1 aliphatic carbocycles. The van der Waals surface area contributed by atoms with E-state index in [9.17, 15) is 18.8 Å². The molecule has 0 radical (unpaired) electrons. The molecule has 4 nitrogen and oxygen atoms in total. The average Bonchev–Trinajstić information content (AvgIpc) is 2.72. The van der Waals surface area contributed by atoms with E-state index < -0.39 is 17.6 Å². The number of hydrogen-bond acceptors (Lipinski definition) is 4. The summed E-state index contributed by atoms with van der Waals surface area (Å²) >= 11 is 0. The third-order valence-electron chi connectivity index (χ3n) is 6.09. The number of nitrogens with zero attached hydrogens (tertiary/aromatic N) is 2. The van der Waals surface area contributed by atoms with Gasteiger partial charge in [-0.3, -0.25) is 4.79 Å². The molecule has 2 heterocycles. The van der Waals surface area contributed by atoms with Crippen LogP contribution in [0.4, 0.5) is 14.5 Å². The quantitative estimate of drug-likeness (QED) is 0.563. The lowest BCUT2D eigenvalue weighted by molar-refractivity contribution is -0.118. The van der Waals surface area contributed by atoms with E-state index in [1.807, 2.05) is 32.0 Å². The second-order valence-corrected chi connectivity index (χ2v) is 8.97. The van der Waals surface area contributed by atoms with Crippen LogP contribution >= 0.6 is 0 Å². The number of ketones is 1. The highest BCUT2D eigenvalue weighted by atomic mass is 19.2. The first kappa shape index (κ1) is 19.4. The SMILES string of the molecule is CC1(C)CC(=O)C2=C(C1)Nc1ccc3nc(C#N)ccc3c1C2c1ccc(F)c(F)c1. The maximum absolute atomic E-state index is 14.2. The Bertz CT molecular complexity index is 1350. The van der Waals surface area contributed by atoms with Crippen molar-refractivity contribution >= 4 is 22.4 Å². The summed E-state index contributed by atoms with van der Waals surface area (Å²) in [4.78, 5) is 17.7. The zero-order chi connectivity index (χ0) is 21.9. The molecule has 0 amide bonds. The highest BCUT2D eigenvalue weighted by molar-refractivity contribution is 6.04. The van der Waals surface area contributed by atoms with Crippen molar-refractivity contribution in [3.63, 3.8) is 0 Å². The summed E-state index contributed by atoms with van der Waals surface area (Å²) in [5.74, 6) is -2.43. The number of nitriles is 1. The van der Waals surface area contributed by atoms with Crippen molar-refractivity contribution in [2.75, 3.05) is 5.32 Å². The Morgan fingerprint density at radius 2 is 1.90 bits per heavy atom. The smallest absolute Gasteiger partial charge is 0.162 e. The number of carbonyl (C=O) groups excluding carboxylic acids is 1. The Hall–Kier alpha value is -3.59. The van der Waals surface area contributed by atoms with Crippen LogP contribution in [-0.2, 0) is 4.79 Å². The molecule has 3 aromatic rings. The Kier molecular flexibility index (Phi) is 4.19. The van der Waals surface area contributed by atoms with Gasteiger partial charge in [0.15, 0.2) is 17.4 Å². The van der Waals surface area contributed by atoms with Gasteiger partial charge in [-0.05, 0) is 59.4 Å². The van der Waals surface area contributed by atoms with Crippen LogP contribution < -0.4 is 5.32 Å². The standard InChI is InChI=1S/C25H19F2N3O/c1-25(2)10-20-24(21(31)11-25)22(13-3-6-16(26)17(27)9-13)23-15-5-4-14(12-28)29-18(15)7-8-19(23)30-20/h3-9,22,30H,10-11H2,1-2H3. The van der Waals surface area contributed by atoms with Crippen LogP contribution in [0.15, 0.2) is 53.7 Å². The van der Waals surface area contributed by atoms with Crippen LogP contribution in [0.2, 0.25) is 0 Å². The molecule has 1 atom stereocenters. The fourth-order valence-electron chi connectivity index (χ4n) is 4.82. The number of pyridine rings is 1. The van der Waals surface area contributed by atoms with Gasteiger partial charge in [0.2, 0.25) is 0 Å². The van der Waals surface area contributed by atoms with E-state index in [0.29, 0.717) is 29.5 Å². The molecule has 0 spiro atoms. The van der Waals surface area contributed by atoms with Gasteiger partial charge in [-0.1, -0.05) is 19.9 Å². The molecule has 1 N–H and O–H groups in total. The van der Waals surface area contributed by atoms with Gasteiger partial charge in [-0.15, -0.1) is 0 Å². The zero-order valence-corrected chi connectivity index (χ0v) is 17.1. The molecule has 2 aliphatic rings. The highest BCUT2D eigenvalue weighted by Crippen LogP contribution is 2.50. The van der Waals surface area contributed by atoms with Crippen molar-refractivity contribution < 1.29 is 13.6 Å². The molecule has 6 heteroatoms. The number of nitrogens with one attached hydrogen (secondary N) is 1. The van der Waals surface area contributed by atoms with Crippen LogP contribution in [0.3, 0.4) is 0 Å². The second-order valence-electron chi connectivity index (χ2n) is 8.97. The molecule has 5 rings (SSSR count). The third-order valence-corrected chi connectivity index (χ3v) is 6.09. The number of allylic oxidation sites excluding steroid dienone is 2. The van der Waals surface area contributed by atoms with Gasteiger partial charge in [0, 0.05) is 34.7 Å². The molecule has 31 heavy (non-hydrogen) atoms. The van der Waals surface area contributed by atoms with Crippen LogP contribution in [0.1, 0.15) is 49.4 Å². The highest BCUT2D eigenvalue weighted by Gasteiger charge is 2.41. The summed E-state index contributed by atoms with van der Waals surface area (Å²) in [5, 5.41) is 13.4. The number of hydrogen-bond donors (Lipinski definition) is 1. The number of aromatic nitrogens is 1. The molecule has 0 fully saturated rings. The van der Waals surface area contributed by atoms with Crippen LogP contribution in [0.25, 0.3) is 10.9 Å². The lowest BCUT2D eigenvalue weighted by atomic mass is 9.68. The largest absolute Gasteiger partial charge is 0.358 e. The Morgan fingerprint density at radius 3 is 2.65 bits per heavy atom. The number of anilines is 1. The molecule has 0 bridgehead atoms. The number of halogens is 2. The van der Waals surface area contributed by atoms with Gasteiger partial charge in [-0.2, -0.15) is 5.26 Å². The van der Waals surface area contributed by atoms with Crippen molar-refractivity contribution in [2.24, 2.45) is 5.41 Å². The predicted octanol–water partition coefficient (Wildman–Crippen LogP) is 5.59. The Balaban J connectivity index is 1.82. The molecule has 1 unspecified atom stereocenters. The van der Waals surface area contributed by atoms with E-state index in [0.717, 1.165) is 28.4 Å². The number of benzene rings is 2. The first-order chi connectivity index (χ1) is 14.8. The van der Waals surface area contributed by atoms with E-state index in [1.165, 1.54) is 12.1 Å². The number of rotatable bonds is 1. The molecular formula is C25H19F2N3O. The number of Topliss-reactive ketones (excluding diaryl/α,β-unsaturated/α-hetero) is 1. The van der Waals surface area contributed by atoms with Gasteiger partial charge in [0.1, 0.15) is 11.8 Å². The van der Waals surface area contributed by atoms with E-state index in [1.54, 1.807) is 12.1 Å². The summed E-state index contributed by atoms with van der Waals surface area (Å²) in [6.45, 7) is 4.10. The zero-order valence-electron chi connectivity index (χ0n) is 17.1. The molecule has 0 saturated heterocycles. The van der Waals surface area contributed by atoms with Gasteiger partial charge >= 0.3 is 0 Å². The molecule has 0 saturated carbocycles. The predicted molar refractivity (Wildman–Crippen MR) is 113 cm³/mol. The van der Waals surface area contributed by atoms with E-state index in [4.69, 9.17) is 0 Å². The molecular weight excluding hydrogens is 396 g/mol. The van der Waals surface area contributed by atoms with Crippen molar-refractivity contribution in [3.8, 4) is 6.07 Å².